The Morgan fingerprint density at radius 1 is 1.39 bits per heavy atom. The highest BCUT2D eigenvalue weighted by atomic mass is 16.5. The lowest BCUT2D eigenvalue weighted by atomic mass is 10.1. The van der Waals surface area contributed by atoms with Crippen molar-refractivity contribution in [3.63, 3.8) is 0 Å². The Bertz CT molecular complexity index is 757. The number of nitrogens with one attached hydrogen (secondary N) is 2. The first-order valence-corrected chi connectivity index (χ1v) is 6.84. The lowest BCUT2D eigenvalue weighted by molar-refractivity contribution is -0.125. The van der Waals surface area contributed by atoms with Crippen molar-refractivity contribution in [3.05, 3.63) is 24.5 Å². The molecule has 0 radical (unpaired) electrons. The summed E-state index contributed by atoms with van der Waals surface area (Å²) < 4.78 is 11.7. The van der Waals surface area contributed by atoms with Crippen LogP contribution in [0.4, 0.5) is 11.6 Å². The predicted octanol–water partition coefficient (Wildman–Crippen LogP) is 0.817. The number of ether oxygens (including phenoxy) is 2. The van der Waals surface area contributed by atoms with Crippen LogP contribution in [0.5, 0.6) is 11.5 Å². The number of hydrogen-bond acceptors (Lipinski definition) is 6. The topological polar surface area (TPSA) is 107 Å². The standard InChI is InChI=1S/C14H15N5O4/c1-22-8-3-4-9(11(5-8)23-2)17-13(21)10-6-12(20)18-14-15-7-16-19(10)14/h3-5,7,10H,6H2,1-2H3,(H,17,21)(H,15,16,18,20). The van der Waals surface area contributed by atoms with Crippen molar-refractivity contribution in [3.8, 4) is 11.5 Å². The highest BCUT2D eigenvalue weighted by Crippen LogP contribution is 2.30. The number of hydrogen-bond donors (Lipinski definition) is 2. The maximum absolute atomic E-state index is 12.5. The molecule has 0 aliphatic carbocycles. The van der Waals surface area contributed by atoms with Crippen molar-refractivity contribution < 1.29 is 19.1 Å². The number of carbonyl (C=O) groups excluding carboxylic acids is 2. The van der Waals surface area contributed by atoms with Crippen molar-refractivity contribution in [2.45, 2.75) is 12.5 Å². The third kappa shape index (κ3) is 2.80. The van der Waals surface area contributed by atoms with Gasteiger partial charge in [0.05, 0.1) is 26.3 Å². The average Bonchev–Trinajstić information content (AvgIpc) is 3.02. The molecular formula is C14H15N5O4. The number of methoxy groups -OCH3 is 2. The minimum atomic E-state index is -0.770. The van der Waals surface area contributed by atoms with Crippen LogP contribution < -0.4 is 20.1 Å². The molecule has 1 aromatic heterocycles. The molecule has 1 aliphatic heterocycles. The van der Waals surface area contributed by atoms with Crippen molar-refractivity contribution in [2.75, 3.05) is 24.9 Å². The molecular weight excluding hydrogens is 302 g/mol. The van der Waals surface area contributed by atoms with E-state index < -0.39 is 6.04 Å². The van der Waals surface area contributed by atoms with Gasteiger partial charge in [-0.15, -0.1) is 0 Å². The third-order valence-corrected chi connectivity index (χ3v) is 3.47. The summed E-state index contributed by atoms with van der Waals surface area (Å²) in [6.45, 7) is 0. The molecule has 0 spiro atoms. The number of amides is 2. The number of nitrogens with zero attached hydrogens (tertiary/aromatic N) is 3. The largest absolute Gasteiger partial charge is 0.497 e. The minimum Gasteiger partial charge on any atom is -0.497 e. The molecule has 2 amide bonds. The fourth-order valence-corrected chi connectivity index (χ4v) is 2.33. The minimum absolute atomic E-state index is 0.0132. The number of benzene rings is 1. The molecule has 0 saturated carbocycles. The van der Waals surface area contributed by atoms with Gasteiger partial charge in [0.15, 0.2) is 0 Å². The summed E-state index contributed by atoms with van der Waals surface area (Å²) in [6.07, 6.45) is 1.27. The monoisotopic (exact) mass is 317 g/mol. The Morgan fingerprint density at radius 3 is 2.96 bits per heavy atom. The van der Waals surface area contributed by atoms with Crippen molar-refractivity contribution in [1.29, 1.82) is 0 Å². The lowest BCUT2D eigenvalue weighted by Crippen LogP contribution is -2.36. The van der Waals surface area contributed by atoms with Crippen LogP contribution in [0.25, 0.3) is 0 Å². The second-order valence-corrected chi connectivity index (χ2v) is 4.85. The summed E-state index contributed by atoms with van der Waals surface area (Å²) >= 11 is 0. The smallest absolute Gasteiger partial charge is 0.250 e. The zero-order valence-corrected chi connectivity index (χ0v) is 12.6. The van der Waals surface area contributed by atoms with Crippen LogP contribution in [-0.4, -0.2) is 40.8 Å². The quantitative estimate of drug-likeness (QED) is 0.864. The van der Waals surface area contributed by atoms with Crippen LogP contribution in [0.15, 0.2) is 24.5 Å². The fourth-order valence-electron chi connectivity index (χ4n) is 2.33. The molecule has 0 fully saturated rings. The van der Waals surface area contributed by atoms with Gasteiger partial charge in [0.1, 0.15) is 23.9 Å². The summed E-state index contributed by atoms with van der Waals surface area (Å²) in [5.74, 6) is 0.651. The summed E-state index contributed by atoms with van der Waals surface area (Å²) in [6, 6.07) is 4.25. The number of carbonyl (C=O) groups is 2. The zero-order chi connectivity index (χ0) is 16.4. The molecule has 1 unspecified atom stereocenters. The molecule has 1 aromatic carbocycles. The second kappa shape index (κ2) is 5.95. The first-order valence-electron chi connectivity index (χ1n) is 6.84. The van der Waals surface area contributed by atoms with E-state index in [0.717, 1.165) is 0 Å². The van der Waals surface area contributed by atoms with Crippen molar-refractivity contribution >= 4 is 23.5 Å². The summed E-state index contributed by atoms with van der Waals surface area (Å²) in [4.78, 5) is 28.1. The molecule has 9 nitrogen and oxygen atoms in total. The molecule has 0 saturated heterocycles. The zero-order valence-electron chi connectivity index (χ0n) is 12.6. The van der Waals surface area contributed by atoms with Crippen molar-refractivity contribution in [1.82, 2.24) is 14.8 Å². The van der Waals surface area contributed by atoms with Crippen LogP contribution >= 0.6 is 0 Å². The van der Waals surface area contributed by atoms with Gasteiger partial charge in [-0.25, -0.2) is 4.68 Å². The van der Waals surface area contributed by atoms with Gasteiger partial charge in [0.2, 0.25) is 17.8 Å². The van der Waals surface area contributed by atoms with E-state index >= 15 is 0 Å². The fraction of sp³-hybridized carbons (Fsp3) is 0.286. The van der Waals surface area contributed by atoms with Gasteiger partial charge >= 0.3 is 0 Å². The number of anilines is 2. The third-order valence-electron chi connectivity index (χ3n) is 3.47. The van der Waals surface area contributed by atoms with Gasteiger partial charge in [0.25, 0.3) is 0 Å². The summed E-state index contributed by atoms with van der Waals surface area (Å²) in [7, 11) is 3.04. The molecule has 120 valence electrons. The van der Waals surface area contributed by atoms with Gasteiger partial charge in [-0.3, -0.25) is 14.9 Å². The first-order chi connectivity index (χ1) is 11.1. The van der Waals surface area contributed by atoms with E-state index in [4.69, 9.17) is 9.47 Å². The van der Waals surface area contributed by atoms with Gasteiger partial charge in [0, 0.05) is 6.07 Å². The Balaban J connectivity index is 1.84. The highest BCUT2D eigenvalue weighted by molar-refractivity contribution is 6.01. The van der Waals surface area contributed by atoms with E-state index in [1.807, 2.05) is 0 Å². The summed E-state index contributed by atoms with van der Waals surface area (Å²) in [5.41, 5.74) is 0.478. The van der Waals surface area contributed by atoms with Crippen LogP contribution in [0.3, 0.4) is 0 Å². The molecule has 1 aliphatic rings. The van der Waals surface area contributed by atoms with Crippen molar-refractivity contribution in [2.24, 2.45) is 0 Å². The van der Waals surface area contributed by atoms with E-state index in [1.54, 1.807) is 25.3 Å². The molecule has 3 rings (SSSR count). The van der Waals surface area contributed by atoms with E-state index in [1.165, 1.54) is 18.1 Å². The number of fused-ring (bicyclic) bond motifs is 1. The van der Waals surface area contributed by atoms with E-state index in [0.29, 0.717) is 17.2 Å². The Morgan fingerprint density at radius 2 is 2.22 bits per heavy atom. The van der Waals surface area contributed by atoms with Crippen LogP contribution in [0, 0.1) is 0 Å². The number of rotatable bonds is 4. The van der Waals surface area contributed by atoms with Crippen LogP contribution in [0.2, 0.25) is 0 Å². The predicted molar refractivity (Wildman–Crippen MR) is 80.5 cm³/mol. The molecule has 2 aromatic rings. The molecule has 23 heavy (non-hydrogen) atoms. The molecule has 9 heteroatoms. The Kier molecular flexibility index (Phi) is 3.83. The van der Waals surface area contributed by atoms with Gasteiger partial charge in [-0.1, -0.05) is 0 Å². The highest BCUT2D eigenvalue weighted by Gasteiger charge is 2.32. The maximum atomic E-state index is 12.5. The normalized spacial score (nSPS) is 16.3. The van der Waals surface area contributed by atoms with E-state index in [-0.39, 0.29) is 24.2 Å². The van der Waals surface area contributed by atoms with Crippen LogP contribution in [-0.2, 0) is 9.59 Å². The maximum Gasteiger partial charge on any atom is 0.250 e. The first kappa shape index (κ1) is 14.8. The molecule has 2 heterocycles. The second-order valence-electron chi connectivity index (χ2n) is 4.85. The molecule has 2 N–H and O–H groups in total. The molecule has 1 atom stereocenters. The van der Waals surface area contributed by atoms with E-state index in [9.17, 15) is 9.59 Å². The van der Waals surface area contributed by atoms with Crippen LogP contribution in [0.1, 0.15) is 12.5 Å². The molecule has 0 bridgehead atoms. The summed E-state index contributed by atoms with van der Waals surface area (Å²) in [5, 5.41) is 9.29. The number of aromatic nitrogens is 3. The lowest BCUT2D eigenvalue weighted by Gasteiger charge is -2.23. The van der Waals surface area contributed by atoms with E-state index in [2.05, 4.69) is 20.7 Å². The SMILES string of the molecule is COc1ccc(NC(=O)C2CC(=O)Nc3ncnn32)c(OC)c1. The van der Waals surface area contributed by atoms with Gasteiger partial charge in [-0.05, 0) is 12.1 Å². The Hall–Kier alpha value is -3.10. The van der Waals surface area contributed by atoms with Gasteiger partial charge < -0.3 is 14.8 Å². The Labute approximate surface area is 131 Å². The average molecular weight is 317 g/mol. The van der Waals surface area contributed by atoms with Gasteiger partial charge in [-0.2, -0.15) is 10.1 Å².